The molecule has 0 spiro atoms. The van der Waals surface area contributed by atoms with Gasteiger partial charge in [-0.2, -0.15) is 0 Å². The second-order valence-corrected chi connectivity index (χ2v) is 4.09. The molecule has 0 atom stereocenters. The number of hydrogen-bond acceptors (Lipinski definition) is 2. The van der Waals surface area contributed by atoms with Gasteiger partial charge in [-0.15, -0.1) is 0 Å². The van der Waals surface area contributed by atoms with Gasteiger partial charge in [-0.1, -0.05) is 13.0 Å². The molecule has 2 N–H and O–H groups in total. The Bertz CT molecular complexity index is 421. The van der Waals surface area contributed by atoms with E-state index in [-0.39, 0.29) is 11.6 Å². The third-order valence-corrected chi connectivity index (χ3v) is 2.52. The van der Waals surface area contributed by atoms with Crippen LogP contribution in [-0.4, -0.2) is 26.2 Å². The molecule has 0 aliphatic rings. The Hall–Kier alpha value is -1.78. The zero-order valence-corrected chi connectivity index (χ0v) is 11.8. The first-order valence-electron chi connectivity index (χ1n) is 6.55. The van der Waals surface area contributed by atoms with E-state index in [4.69, 9.17) is 4.74 Å². The monoisotopic (exact) mass is 267 g/mol. The van der Waals surface area contributed by atoms with Gasteiger partial charge in [0.1, 0.15) is 0 Å². The summed E-state index contributed by atoms with van der Waals surface area (Å²) in [5.41, 5.74) is 0.812. The smallest absolute Gasteiger partial charge is 0.191 e. The van der Waals surface area contributed by atoms with E-state index in [0.29, 0.717) is 6.54 Å². The lowest BCUT2D eigenvalue weighted by molar-refractivity contribution is 0.386. The maximum absolute atomic E-state index is 13.5. The average Bonchev–Trinajstić information content (AvgIpc) is 2.42. The van der Waals surface area contributed by atoms with Gasteiger partial charge in [-0.25, -0.2) is 9.38 Å². The van der Waals surface area contributed by atoms with Gasteiger partial charge in [0, 0.05) is 13.1 Å². The zero-order valence-electron chi connectivity index (χ0n) is 11.8. The number of halogens is 1. The highest BCUT2D eigenvalue weighted by Gasteiger charge is 2.03. The van der Waals surface area contributed by atoms with Gasteiger partial charge in [0.15, 0.2) is 17.5 Å². The second kappa shape index (κ2) is 8.34. The van der Waals surface area contributed by atoms with Gasteiger partial charge in [0.25, 0.3) is 0 Å². The first kappa shape index (κ1) is 15.3. The SMILES string of the molecule is CCCNC(=NCc1ccc(OC)c(F)c1)NCC. The lowest BCUT2D eigenvalue weighted by atomic mass is 10.2. The van der Waals surface area contributed by atoms with Crippen LogP contribution in [0.25, 0.3) is 0 Å². The summed E-state index contributed by atoms with van der Waals surface area (Å²) in [6.45, 7) is 6.20. The predicted octanol–water partition coefficient (Wildman–Crippen LogP) is 2.30. The number of rotatable bonds is 6. The minimum atomic E-state index is -0.360. The van der Waals surface area contributed by atoms with Crippen molar-refractivity contribution in [2.24, 2.45) is 4.99 Å². The molecule has 0 saturated heterocycles. The van der Waals surface area contributed by atoms with Gasteiger partial charge in [0.05, 0.1) is 13.7 Å². The number of methoxy groups -OCH3 is 1. The lowest BCUT2D eigenvalue weighted by Crippen LogP contribution is -2.37. The number of hydrogen-bond donors (Lipinski definition) is 2. The molecular weight excluding hydrogens is 245 g/mol. The van der Waals surface area contributed by atoms with Gasteiger partial charge in [0.2, 0.25) is 0 Å². The summed E-state index contributed by atoms with van der Waals surface area (Å²) in [6, 6.07) is 4.88. The molecular formula is C14H22FN3O. The third-order valence-electron chi connectivity index (χ3n) is 2.52. The number of guanidine groups is 1. The Kier molecular flexibility index (Phi) is 6.71. The summed E-state index contributed by atoms with van der Waals surface area (Å²) >= 11 is 0. The topological polar surface area (TPSA) is 45.7 Å². The molecule has 106 valence electrons. The largest absolute Gasteiger partial charge is 0.494 e. The van der Waals surface area contributed by atoms with Gasteiger partial charge in [-0.05, 0) is 31.0 Å². The van der Waals surface area contributed by atoms with E-state index in [1.807, 2.05) is 13.0 Å². The van der Waals surface area contributed by atoms with Crippen molar-refractivity contribution in [3.63, 3.8) is 0 Å². The summed E-state index contributed by atoms with van der Waals surface area (Å²) < 4.78 is 18.4. The quantitative estimate of drug-likeness (QED) is 0.614. The highest BCUT2D eigenvalue weighted by atomic mass is 19.1. The van der Waals surface area contributed by atoms with Crippen LogP contribution in [0.2, 0.25) is 0 Å². The minimum Gasteiger partial charge on any atom is -0.494 e. The summed E-state index contributed by atoms with van der Waals surface area (Å²) in [5.74, 6) is 0.644. The molecule has 0 saturated carbocycles. The van der Waals surface area contributed by atoms with E-state index in [9.17, 15) is 4.39 Å². The van der Waals surface area contributed by atoms with Crippen LogP contribution in [0.5, 0.6) is 5.75 Å². The molecule has 0 amide bonds. The van der Waals surface area contributed by atoms with E-state index >= 15 is 0 Å². The summed E-state index contributed by atoms with van der Waals surface area (Å²) in [5, 5.41) is 6.34. The Labute approximate surface area is 114 Å². The fourth-order valence-corrected chi connectivity index (χ4v) is 1.56. The average molecular weight is 267 g/mol. The first-order chi connectivity index (χ1) is 9.21. The van der Waals surface area contributed by atoms with E-state index in [0.717, 1.165) is 31.0 Å². The van der Waals surface area contributed by atoms with Crippen molar-refractivity contribution in [3.8, 4) is 5.75 Å². The van der Waals surface area contributed by atoms with Crippen LogP contribution in [0.1, 0.15) is 25.8 Å². The Morgan fingerprint density at radius 3 is 2.68 bits per heavy atom. The van der Waals surface area contributed by atoms with Crippen molar-refractivity contribution in [1.29, 1.82) is 0 Å². The highest BCUT2D eigenvalue weighted by molar-refractivity contribution is 5.79. The summed E-state index contributed by atoms with van der Waals surface area (Å²) in [4.78, 5) is 4.40. The summed E-state index contributed by atoms with van der Waals surface area (Å²) in [7, 11) is 1.45. The number of nitrogens with one attached hydrogen (secondary N) is 2. The van der Waals surface area contributed by atoms with Gasteiger partial charge >= 0.3 is 0 Å². The van der Waals surface area contributed by atoms with E-state index < -0.39 is 0 Å². The lowest BCUT2D eigenvalue weighted by Gasteiger charge is -2.10. The van der Waals surface area contributed by atoms with Gasteiger partial charge in [-0.3, -0.25) is 0 Å². The Balaban J connectivity index is 2.68. The molecule has 0 heterocycles. The molecule has 0 aromatic heterocycles. The van der Waals surface area contributed by atoms with Crippen LogP contribution in [-0.2, 0) is 6.54 Å². The molecule has 0 aliphatic heterocycles. The molecule has 1 rings (SSSR count). The number of benzene rings is 1. The molecule has 0 unspecified atom stereocenters. The van der Waals surface area contributed by atoms with Crippen molar-refractivity contribution in [3.05, 3.63) is 29.6 Å². The maximum Gasteiger partial charge on any atom is 0.191 e. The van der Waals surface area contributed by atoms with Crippen molar-refractivity contribution in [1.82, 2.24) is 10.6 Å². The second-order valence-electron chi connectivity index (χ2n) is 4.09. The predicted molar refractivity (Wildman–Crippen MR) is 76.1 cm³/mol. The minimum absolute atomic E-state index is 0.253. The van der Waals surface area contributed by atoms with E-state index in [1.165, 1.54) is 13.2 Å². The number of nitrogens with zero attached hydrogens (tertiary/aromatic N) is 1. The van der Waals surface area contributed by atoms with E-state index in [2.05, 4.69) is 22.5 Å². The number of aliphatic imine (C=N–C) groups is 1. The third kappa shape index (κ3) is 5.16. The molecule has 1 aromatic carbocycles. The van der Waals surface area contributed by atoms with Crippen molar-refractivity contribution >= 4 is 5.96 Å². The molecule has 0 radical (unpaired) electrons. The first-order valence-corrected chi connectivity index (χ1v) is 6.55. The van der Waals surface area contributed by atoms with Crippen LogP contribution >= 0.6 is 0 Å². The molecule has 0 aliphatic carbocycles. The van der Waals surface area contributed by atoms with Gasteiger partial charge < -0.3 is 15.4 Å². The van der Waals surface area contributed by atoms with Crippen LogP contribution < -0.4 is 15.4 Å². The van der Waals surface area contributed by atoms with Crippen molar-refractivity contribution in [2.75, 3.05) is 20.2 Å². The normalized spacial score (nSPS) is 11.3. The fraction of sp³-hybridized carbons (Fsp3) is 0.500. The molecule has 1 aromatic rings. The zero-order chi connectivity index (χ0) is 14.1. The molecule has 19 heavy (non-hydrogen) atoms. The number of ether oxygens (including phenoxy) is 1. The standard InChI is InChI=1S/C14H22FN3O/c1-4-8-17-14(16-5-2)18-10-11-6-7-13(19-3)12(15)9-11/h6-7,9H,4-5,8,10H2,1-3H3,(H2,16,17,18). The van der Waals surface area contributed by atoms with Crippen LogP contribution in [0, 0.1) is 5.82 Å². The summed E-state index contributed by atoms with van der Waals surface area (Å²) in [6.07, 6.45) is 1.03. The van der Waals surface area contributed by atoms with Crippen LogP contribution in [0.3, 0.4) is 0 Å². The molecule has 5 heteroatoms. The van der Waals surface area contributed by atoms with E-state index in [1.54, 1.807) is 6.07 Å². The Morgan fingerprint density at radius 1 is 1.32 bits per heavy atom. The molecule has 0 fully saturated rings. The highest BCUT2D eigenvalue weighted by Crippen LogP contribution is 2.17. The van der Waals surface area contributed by atoms with Crippen LogP contribution in [0.15, 0.2) is 23.2 Å². The van der Waals surface area contributed by atoms with Crippen molar-refractivity contribution in [2.45, 2.75) is 26.8 Å². The van der Waals surface area contributed by atoms with Crippen molar-refractivity contribution < 1.29 is 9.13 Å². The molecule has 4 nitrogen and oxygen atoms in total. The fourth-order valence-electron chi connectivity index (χ4n) is 1.56. The molecule has 0 bridgehead atoms. The Morgan fingerprint density at radius 2 is 2.11 bits per heavy atom. The van der Waals surface area contributed by atoms with Crippen LogP contribution in [0.4, 0.5) is 4.39 Å². The maximum atomic E-state index is 13.5.